The first-order valence-corrected chi connectivity index (χ1v) is 11.4. The van der Waals surface area contributed by atoms with Crippen molar-refractivity contribution in [1.82, 2.24) is 0 Å². The summed E-state index contributed by atoms with van der Waals surface area (Å²) in [4.78, 5) is 13.5. The number of halogens is 1. The van der Waals surface area contributed by atoms with Gasteiger partial charge < -0.3 is 14.2 Å². The van der Waals surface area contributed by atoms with Crippen molar-refractivity contribution in [3.8, 4) is 17.2 Å². The minimum absolute atomic E-state index is 0.0633. The number of sulfonamides is 1. The van der Waals surface area contributed by atoms with Crippen molar-refractivity contribution in [2.24, 2.45) is 0 Å². The van der Waals surface area contributed by atoms with Gasteiger partial charge in [-0.25, -0.2) is 12.7 Å². The van der Waals surface area contributed by atoms with E-state index in [2.05, 4.69) is 0 Å². The monoisotopic (exact) mass is 473 g/mol. The van der Waals surface area contributed by atoms with Crippen LogP contribution >= 0.6 is 11.6 Å². The summed E-state index contributed by atoms with van der Waals surface area (Å²) in [6.07, 6.45) is 0. The maximum Gasteiger partial charge on any atom is 0.274 e. The zero-order valence-electron chi connectivity index (χ0n) is 17.5. The van der Waals surface area contributed by atoms with Gasteiger partial charge in [0, 0.05) is 16.7 Å². The Bertz CT molecular complexity index is 1310. The highest BCUT2D eigenvalue weighted by atomic mass is 35.5. The van der Waals surface area contributed by atoms with Crippen molar-refractivity contribution < 1.29 is 27.4 Å². The number of hydrogen-bond acceptors (Lipinski definition) is 6. The second-order valence-electron chi connectivity index (χ2n) is 7.00. The molecule has 3 aromatic carbocycles. The Morgan fingerprint density at radius 1 is 0.844 bits per heavy atom. The second-order valence-corrected chi connectivity index (χ2v) is 9.19. The van der Waals surface area contributed by atoms with Crippen molar-refractivity contribution in [3.63, 3.8) is 0 Å². The molecule has 0 N–H and O–H groups in total. The first kappa shape index (κ1) is 22.0. The minimum atomic E-state index is -4.32. The number of para-hydroxylation sites is 1. The van der Waals surface area contributed by atoms with E-state index >= 15 is 0 Å². The number of anilines is 1. The molecule has 1 unspecified atom stereocenters. The van der Waals surface area contributed by atoms with Gasteiger partial charge in [0.1, 0.15) is 22.1 Å². The molecule has 1 aliphatic rings. The van der Waals surface area contributed by atoms with Crippen LogP contribution in [0.25, 0.3) is 0 Å². The summed E-state index contributed by atoms with van der Waals surface area (Å²) in [7, 11) is -0.0139. The van der Waals surface area contributed by atoms with Crippen LogP contribution in [0.3, 0.4) is 0 Å². The lowest BCUT2D eigenvalue weighted by Gasteiger charge is -2.20. The first-order valence-electron chi connectivity index (χ1n) is 9.57. The molecule has 0 saturated heterocycles. The number of hydrogen-bond donors (Lipinski definition) is 0. The van der Waals surface area contributed by atoms with Crippen LogP contribution in [0.15, 0.2) is 65.6 Å². The molecule has 7 nitrogen and oxygen atoms in total. The number of ether oxygens (including phenoxy) is 3. The number of nitrogens with zero attached hydrogens (tertiary/aromatic N) is 1. The van der Waals surface area contributed by atoms with Gasteiger partial charge in [-0.1, -0.05) is 29.8 Å². The van der Waals surface area contributed by atoms with Crippen LogP contribution in [0, 0.1) is 0 Å². The standard InChI is InChI=1S/C23H20ClNO6S/c1-29-15-9-11-21(20(13-15)31-3)32(27,28)25-18-10-8-14(24)12-17(18)22(23(25)26)16-6-4-5-7-19(16)30-2/h4-13,22H,1-3H3. The van der Waals surface area contributed by atoms with Crippen LogP contribution in [0.2, 0.25) is 5.02 Å². The minimum Gasteiger partial charge on any atom is -0.497 e. The fourth-order valence-corrected chi connectivity index (χ4v) is 5.63. The zero-order valence-corrected chi connectivity index (χ0v) is 19.1. The van der Waals surface area contributed by atoms with E-state index in [9.17, 15) is 13.2 Å². The van der Waals surface area contributed by atoms with Crippen molar-refractivity contribution in [3.05, 3.63) is 76.8 Å². The van der Waals surface area contributed by atoms with Crippen molar-refractivity contribution in [2.75, 3.05) is 25.6 Å². The lowest BCUT2D eigenvalue weighted by atomic mass is 9.92. The molecule has 1 amide bonds. The Kier molecular flexibility index (Phi) is 5.75. The Balaban J connectivity index is 1.92. The first-order chi connectivity index (χ1) is 15.3. The molecule has 0 fully saturated rings. The van der Waals surface area contributed by atoms with Gasteiger partial charge in [-0.3, -0.25) is 4.79 Å². The van der Waals surface area contributed by atoms with E-state index < -0.39 is 21.8 Å². The quantitative estimate of drug-likeness (QED) is 0.532. The van der Waals surface area contributed by atoms with Gasteiger partial charge in [-0.15, -0.1) is 0 Å². The molecule has 1 aliphatic heterocycles. The lowest BCUT2D eigenvalue weighted by molar-refractivity contribution is -0.117. The van der Waals surface area contributed by atoms with Gasteiger partial charge in [0.2, 0.25) is 0 Å². The van der Waals surface area contributed by atoms with Crippen LogP contribution in [0.5, 0.6) is 17.2 Å². The molecule has 3 aromatic rings. The summed E-state index contributed by atoms with van der Waals surface area (Å²) in [6.45, 7) is 0. The molecular formula is C23H20ClNO6S. The van der Waals surface area contributed by atoms with E-state index in [0.29, 0.717) is 27.6 Å². The van der Waals surface area contributed by atoms with Crippen LogP contribution in [-0.4, -0.2) is 35.7 Å². The number of fused-ring (bicyclic) bond motifs is 1. The molecular weight excluding hydrogens is 454 g/mol. The smallest absolute Gasteiger partial charge is 0.274 e. The highest BCUT2D eigenvalue weighted by molar-refractivity contribution is 7.93. The molecule has 9 heteroatoms. The summed E-state index contributed by atoms with van der Waals surface area (Å²) in [6, 6.07) is 16.0. The second kappa shape index (κ2) is 8.37. The summed E-state index contributed by atoms with van der Waals surface area (Å²) in [5.41, 5.74) is 1.25. The van der Waals surface area contributed by atoms with E-state index in [-0.39, 0.29) is 16.3 Å². The summed E-state index contributed by atoms with van der Waals surface area (Å²) in [5, 5.41) is 0.387. The normalized spacial score (nSPS) is 15.4. The molecule has 0 aliphatic carbocycles. The molecule has 1 heterocycles. The third kappa shape index (κ3) is 3.45. The molecule has 0 aromatic heterocycles. The molecule has 32 heavy (non-hydrogen) atoms. The summed E-state index contributed by atoms with van der Waals surface area (Å²) < 4.78 is 44.1. The maximum atomic E-state index is 13.7. The lowest BCUT2D eigenvalue weighted by Crippen LogP contribution is -2.35. The van der Waals surface area contributed by atoms with Crippen LogP contribution in [0.1, 0.15) is 17.0 Å². The van der Waals surface area contributed by atoms with E-state index in [1.807, 2.05) is 0 Å². The fraction of sp³-hybridized carbons (Fsp3) is 0.174. The number of rotatable bonds is 6. The summed E-state index contributed by atoms with van der Waals surface area (Å²) >= 11 is 6.21. The van der Waals surface area contributed by atoms with Gasteiger partial charge >= 0.3 is 0 Å². The van der Waals surface area contributed by atoms with Crippen LogP contribution in [-0.2, 0) is 14.8 Å². The largest absolute Gasteiger partial charge is 0.497 e. The van der Waals surface area contributed by atoms with Crippen molar-refractivity contribution in [1.29, 1.82) is 0 Å². The van der Waals surface area contributed by atoms with E-state index in [1.165, 1.54) is 45.6 Å². The Hall–Kier alpha value is -3.23. The SMILES string of the molecule is COc1ccc(S(=O)(=O)N2C(=O)C(c3ccccc3OC)c3cc(Cl)ccc32)c(OC)c1. The predicted octanol–water partition coefficient (Wildman–Crippen LogP) is 4.23. The Labute approximate surface area is 191 Å². The molecule has 0 radical (unpaired) electrons. The average molecular weight is 474 g/mol. The fourth-order valence-electron chi connectivity index (χ4n) is 3.85. The number of benzene rings is 3. The molecule has 4 rings (SSSR count). The number of amides is 1. The van der Waals surface area contributed by atoms with Crippen LogP contribution < -0.4 is 18.5 Å². The van der Waals surface area contributed by atoms with Crippen molar-refractivity contribution in [2.45, 2.75) is 10.8 Å². The van der Waals surface area contributed by atoms with Gasteiger partial charge in [-0.2, -0.15) is 0 Å². The van der Waals surface area contributed by atoms with Crippen molar-refractivity contribution >= 4 is 33.2 Å². The topological polar surface area (TPSA) is 82.1 Å². The van der Waals surface area contributed by atoms with Gasteiger partial charge in [0.15, 0.2) is 0 Å². The third-order valence-electron chi connectivity index (χ3n) is 5.31. The van der Waals surface area contributed by atoms with E-state index in [0.717, 1.165) is 4.31 Å². The molecule has 0 saturated carbocycles. The molecule has 166 valence electrons. The highest BCUT2D eigenvalue weighted by Crippen LogP contribution is 2.47. The number of methoxy groups -OCH3 is 3. The Morgan fingerprint density at radius 3 is 2.25 bits per heavy atom. The molecule has 0 bridgehead atoms. The number of carbonyl (C=O) groups excluding carboxylic acids is 1. The van der Waals surface area contributed by atoms with Gasteiger partial charge in [0.25, 0.3) is 15.9 Å². The summed E-state index contributed by atoms with van der Waals surface area (Å²) in [5.74, 6) is -0.581. The highest BCUT2D eigenvalue weighted by Gasteiger charge is 2.46. The third-order valence-corrected chi connectivity index (χ3v) is 7.29. The predicted molar refractivity (Wildman–Crippen MR) is 121 cm³/mol. The van der Waals surface area contributed by atoms with E-state index in [4.69, 9.17) is 25.8 Å². The Morgan fingerprint density at radius 2 is 1.56 bits per heavy atom. The van der Waals surface area contributed by atoms with E-state index in [1.54, 1.807) is 36.4 Å². The van der Waals surface area contributed by atoms with Crippen LogP contribution in [0.4, 0.5) is 5.69 Å². The van der Waals surface area contributed by atoms with Gasteiger partial charge in [-0.05, 0) is 42.0 Å². The maximum absolute atomic E-state index is 13.7. The number of carbonyl (C=O) groups is 1. The molecule has 1 atom stereocenters. The molecule has 0 spiro atoms. The van der Waals surface area contributed by atoms with Gasteiger partial charge in [0.05, 0.1) is 32.9 Å². The average Bonchev–Trinajstić information content (AvgIpc) is 3.09. The zero-order chi connectivity index (χ0) is 23.0.